The predicted octanol–water partition coefficient (Wildman–Crippen LogP) is 18.5. The summed E-state index contributed by atoms with van der Waals surface area (Å²) in [5.74, 6) is 0. The van der Waals surface area contributed by atoms with E-state index in [1.54, 1.807) is 0 Å². The summed E-state index contributed by atoms with van der Waals surface area (Å²) in [6.45, 7) is 0. The maximum Gasteiger partial charge on any atom is 0.0714 e. The fourth-order valence-corrected chi connectivity index (χ4v) is 11.4. The third-order valence-electron chi connectivity index (χ3n) is 14.6. The average molecular weight is 890 g/mol. The Hall–Kier alpha value is -9.04. The van der Waals surface area contributed by atoms with Gasteiger partial charge in [-0.2, -0.15) is 0 Å². The Morgan fingerprint density at radius 1 is 0.257 bits per heavy atom. The first kappa shape index (κ1) is 41.2. The first-order chi connectivity index (χ1) is 34.7. The van der Waals surface area contributed by atoms with Crippen LogP contribution in [0.5, 0.6) is 0 Å². The Bertz CT molecular complexity index is 3800. The molecule has 13 rings (SSSR count). The summed E-state index contributed by atoms with van der Waals surface area (Å²) < 4.78 is 0. The van der Waals surface area contributed by atoms with Crippen LogP contribution in [0.3, 0.4) is 0 Å². The molecule has 0 atom stereocenters. The van der Waals surface area contributed by atoms with Gasteiger partial charge in [-0.1, -0.05) is 255 Å². The summed E-state index contributed by atoms with van der Waals surface area (Å²) in [7, 11) is 0. The smallest absolute Gasteiger partial charge is 0.0714 e. The highest BCUT2D eigenvalue weighted by Gasteiger charge is 2.47. The second-order valence-corrected chi connectivity index (χ2v) is 18.4. The van der Waals surface area contributed by atoms with E-state index < -0.39 is 5.41 Å². The molecule has 12 aromatic carbocycles. The maximum absolute atomic E-state index is 2.48. The molecule has 1 nitrogen and oxygen atoms in total. The Morgan fingerprint density at radius 2 is 0.686 bits per heavy atom. The molecule has 70 heavy (non-hydrogen) atoms. The first-order valence-corrected chi connectivity index (χ1v) is 24.2. The van der Waals surface area contributed by atoms with Gasteiger partial charge in [-0.25, -0.2) is 0 Å². The molecule has 0 bridgehead atoms. The lowest BCUT2D eigenvalue weighted by Crippen LogP contribution is -2.28. The van der Waals surface area contributed by atoms with Crippen LogP contribution in [0.2, 0.25) is 0 Å². The predicted molar refractivity (Wildman–Crippen MR) is 295 cm³/mol. The number of hydrogen-bond acceptors (Lipinski definition) is 1. The number of anilines is 3. The fourth-order valence-electron chi connectivity index (χ4n) is 11.4. The second-order valence-electron chi connectivity index (χ2n) is 18.4. The lowest BCUT2D eigenvalue weighted by Gasteiger charge is -2.34. The molecule has 0 saturated carbocycles. The fraction of sp³-hybridized carbons (Fsp3) is 0.0145. The lowest BCUT2D eigenvalue weighted by atomic mass is 9.68. The summed E-state index contributed by atoms with van der Waals surface area (Å²) in [6.07, 6.45) is 0. The van der Waals surface area contributed by atoms with Crippen molar-refractivity contribution in [1.29, 1.82) is 0 Å². The number of rotatable bonds is 9. The van der Waals surface area contributed by atoms with Crippen LogP contribution in [0.4, 0.5) is 17.1 Å². The number of benzene rings is 12. The van der Waals surface area contributed by atoms with Crippen molar-refractivity contribution in [3.63, 3.8) is 0 Å². The summed E-state index contributed by atoms with van der Waals surface area (Å²) in [4.78, 5) is 2.48. The molecule has 0 unspecified atom stereocenters. The Labute approximate surface area is 409 Å². The van der Waals surface area contributed by atoms with Crippen LogP contribution in [0, 0.1) is 0 Å². The van der Waals surface area contributed by atoms with Crippen molar-refractivity contribution >= 4 is 38.6 Å². The molecule has 1 aliphatic carbocycles. The summed E-state index contributed by atoms with van der Waals surface area (Å²) in [5, 5.41) is 5.03. The van der Waals surface area contributed by atoms with Crippen molar-refractivity contribution in [3.05, 3.63) is 307 Å². The van der Waals surface area contributed by atoms with E-state index >= 15 is 0 Å². The van der Waals surface area contributed by atoms with Gasteiger partial charge in [0, 0.05) is 16.9 Å². The third-order valence-corrected chi connectivity index (χ3v) is 14.6. The van der Waals surface area contributed by atoms with Crippen LogP contribution < -0.4 is 4.90 Å². The van der Waals surface area contributed by atoms with Crippen molar-refractivity contribution < 1.29 is 0 Å². The van der Waals surface area contributed by atoms with E-state index in [-0.39, 0.29) is 0 Å². The van der Waals surface area contributed by atoms with E-state index in [1.165, 1.54) is 93.9 Å². The van der Waals surface area contributed by atoms with Gasteiger partial charge in [0.25, 0.3) is 0 Å². The third kappa shape index (κ3) is 6.86. The van der Waals surface area contributed by atoms with E-state index in [0.717, 1.165) is 22.6 Å². The van der Waals surface area contributed by atoms with Gasteiger partial charge in [-0.05, 0) is 124 Å². The molecule has 0 spiro atoms. The first-order valence-electron chi connectivity index (χ1n) is 24.2. The largest absolute Gasteiger partial charge is 0.310 e. The monoisotopic (exact) mass is 889 g/mol. The minimum absolute atomic E-state index is 0.522. The Morgan fingerprint density at radius 3 is 1.29 bits per heavy atom. The van der Waals surface area contributed by atoms with Gasteiger partial charge in [-0.3, -0.25) is 0 Å². The molecule has 0 amide bonds. The van der Waals surface area contributed by atoms with Crippen molar-refractivity contribution in [2.45, 2.75) is 5.41 Å². The SMILES string of the molecule is c1ccc(C2(c3ccccc3)c3ccccc3-c3c(N(c4ccc(-c5ccc(-c6cccc7ccccc67)cc5)cc4)c4cccc(-c5ccc(-c6cccc7ccccc67)cc5)c4)cccc32)cc1. The van der Waals surface area contributed by atoms with E-state index in [1.807, 2.05) is 0 Å². The molecule has 0 fully saturated rings. The van der Waals surface area contributed by atoms with Crippen LogP contribution in [-0.4, -0.2) is 0 Å². The summed E-state index contributed by atoms with van der Waals surface area (Å²) >= 11 is 0. The van der Waals surface area contributed by atoms with Crippen molar-refractivity contribution in [1.82, 2.24) is 0 Å². The van der Waals surface area contributed by atoms with Crippen LogP contribution in [0.1, 0.15) is 22.3 Å². The minimum Gasteiger partial charge on any atom is -0.310 e. The molecule has 0 aromatic heterocycles. The van der Waals surface area contributed by atoms with Crippen LogP contribution in [-0.2, 0) is 5.41 Å². The van der Waals surface area contributed by atoms with Crippen LogP contribution in [0.25, 0.3) is 77.2 Å². The van der Waals surface area contributed by atoms with E-state index in [4.69, 9.17) is 0 Å². The van der Waals surface area contributed by atoms with Crippen molar-refractivity contribution in [2.75, 3.05) is 4.90 Å². The van der Waals surface area contributed by atoms with Crippen LogP contribution >= 0.6 is 0 Å². The minimum atomic E-state index is -0.522. The number of hydrogen-bond donors (Lipinski definition) is 0. The number of fused-ring (bicyclic) bond motifs is 5. The highest BCUT2D eigenvalue weighted by Crippen LogP contribution is 2.59. The molecule has 12 aromatic rings. The van der Waals surface area contributed by atoms with Gasteiger partial charge in [-0.15, -0.1) is 0 Å². The molecular weight excluding hydrogens is 843 g/mol. The summed E-state index contributed by atoms with van der Waals surface area (Å²) in [6, 6.07) is 105. The van der Waals surface area contributed by atoms with Gasteiger partial charge in [0.1, 0.15) is 0 Å². The molecule has 0 radical (unpaired) electrons. The molecule has 0 heterocycles. The molecule has 328 valence electrons. The zero-order valence-corrected chi connectivity index (χ0v) is 38.6. The molecule has 0 aliphatic heterocycles. The van der Waals surface area contributed by atoms with Crippen molar-refractivity contribution in [3.8, 4) is 55.6 Å². The zero-order chi connectivity index (χ0) is 46.4. The molecule has 0 N–H and O–H groups in total. The van der Waals surface area contributed by atoms with E-state index in [0.29, 0.717) is 0 Å². The van der Waals surface area contributed by atoms with Gasteiger partial charge < -0.3 is 4.90 Å². The number of nitrogens with zero attached hydrogens (tertiary/aromatic N) is 1. The topological polar surface area (TPSA) is 3.24 Å². The average Bonchev–Trinajstić information content (AvgIpc) is 3.75. The standard InChI is InChI=1S/C69H47N/c1-3-22-56(23-4-1)69(57-24-5-2-6-25-57)65-32-12-11-29-64(65)68-66(69)33-16-34-67(68)70(58-45-43-49(44-46-58)48-35-39-53(40-36-48)62-30-14-19-51-17-7-9-27-60(51)62)59-26-13-21-55(47-59)50-37-41-54(42-38-50)63-31-15-20-52-18-8-10-28-61(52)63/h1-47H. The zero-order valence-electron chi connectivity index (χ0n) is 38.6. The van der Waals surface area contributed by atoms with Gasteiger partial charge in [0.15, 0.2) is 0 Å². The van der Waals surface area contributed by atoms with Crippen molar-refractivity contribution in [2.24, 2.45) is 0 Å². The molecule has 1 aliphatic rings. The second kappa shape index (κ2) is 17.2. The van der Waals surface area contributed by atoms with Gasteiger partial charge >= 0.3 is 0 Å². The maximum atomic E-state index is 2.48. The van der Waals surface area contributed by atoms with Crippen LogP contribution in [0.15, 0.2) is 285 Å². The highest BCUT2D eigenvalue weighted by molar-refractivity contribution is 6.00. The lowest BCUT2D eigenvalue weighted by molar-refractivity contribution is 0.768. The normalized spacial score (nSPS) is 12.4. The Balaban J connectivity index is 0.954. The van der Waals surface area contributed by atoms with Gasteiger partial charge in [0.05, 0.1) is 11.1 Å². The molecule has 1 heteroatoms. The van der Waals surface area contributed by atoms with E-state index in [9.17, 15) is 0 Å². The Kier molecular flexibility index (Phi) is 10.1. The van der Waals surface area contributed by atoms with Gasteiger partial charge in [0.2, 0.25) is 0 Å². The summed E-state index contributed by atoms with van der Waals surface area (Å²) in [5.41, 5.74) is 19.9. The molecular formula is C69H47N. The quantitative estimate of drug-likeness (QED) is 0.140. The van der Waals surface area contributed by atoms with E-state index in [2.05, 4.69) is 290 Å². The highest BCUT2D eigenvalue weighted by atomic mass is 15.1. The molecule has 0 saturated heterocycles.